The van der Waals surface area contributed by atoms with Crippen molar-refractivity contribution in [1.29, 1.82) is 0 Å². The van der Waals surface area contributed by atoms with Crippen molar-refractivity contribution < 1.29 is 14.3 Å². The van der Waals surface area contributed by atoms with Gasteiger partial charge in [-0.15, -0.1) is 0 Å². The van der Waals surface area contributed by atoms with Crippen molar-refractivity contribution in [2.45, 2.75) is 13.0 Å². The van der Waals surface area contributed by atoms with Crippen LogP contribution in [0.15, 0.2) is 72.8 Å². The van der Waals surface area contributed by atoms with E-state index in [1.165, 1.54) is 7.11 Å². The molecule has 29 heavy (non-hydrogen) atoms. The molecule has 0 saturated heterocycles. The van der Waals surface area contributed by atoms with Gasteiger partial charge in [0.15, 0.2) is 0 Å². The van der Waals surface area contributed by atoms with Crippen LogP contribution in [0.1, 0.15) is 33.1 Å². The molecule has 1 unspecified atom stereocenters. The highest BCUT2D eigenvalue weighted by Crippen LogP contribution is 2.37. The number of nitrogens with zero attached hydrogens (tertiary/aromatic N) is 1. The van der Waals surface area contributed by atoms with Crippen molar-refractivity contribution >= 4 is 17.5 Å². The van der Waals surface area contributed by atoms with Crippen LogP contribution in [0.3, 0.4) is 0 Å². The van der Waals surface area contributed by atoms with Gasteiger partial charge in [-0.2, -0.15) is 0 Å². The molecule has 0 fully saturated rings. The summed E-state index contributed by atoms with van der Waals surface area (Å²) in [7, 11) is 1.54. The van der Waals surface area contributed by atoms with E-state index in [0.717, 1.165) is 22.4 Å². The molecule has 4 rings (SSSR count). The quantitative estimate of drug-likeness (QED) is 0.734. The van der Waals surface area contributed by atoms with Gasteiger partial charge in [0, 0.05) is 11.3 Å². The van der Waals surface area contributed by atoms with Gasteiger partial charge >= 0.3 is 0 Å². The molecule has 1 aliphatic rings. The Labute approximate surface area is 169 Å². The Morgan fingerprint density at radius 3 is 2.52 bits per heavy atom. The van der Waals surface area contributed by atoms with Gasteiger partial charge in [-0.25, -0.2) is 0 Å². The molecule has 146 valence electrons. The summed E-state index contributed by atoms with van der Waals surface area (Å²) < 4.78 is 5.40. The highest BCUT2D eigenvalue weighted by molar-refractivity contribution is 6.02. The molecule has 0 aliphatic carbocycles. The Hall–Kier alpha value is -3.60. The minimum atomic E-state index is -0.400. The first kappa shape index (κ1) is 18.7. The lowest BCUT2D eigenvalue weighted by atomic mass is 9.94. The molecule has 2 amide bonds. The van der Waals surface area contributed by atoms with E-state index < -0.39 is 6.04 Å². The van der Waals surface area contributed by atoms with Gasteiger partial charge in [0.1, 0.15) is 12.3 Å². The first-order chi connectivity index (χ1) is 14.1. The van der Waals surface area contributed by atoms with Gasteiger partial charge in [0.05, 0.1) is 18.7 Å². The number of hydrogen-bond acceptors (Lipinski definition) is 3. The lowest BCUT2D eigenvalue weighted by Gasteiger charge is -2.31. The monoisotopic (exact) mass is 386 g/mol. The second kappa shape index (κ2) is 7.80. The third-order valence-electron chi connectivity index (χ3n) is 5.11. The normalized spacial score (nSPS) is 15.9. The van der Waals surface area contributed by atoms with Crippen molar-refractivity contribution in [3.05, 3.63) is 95.1 Å². The second-order valence-electron chi connectivity index (χ2n) is 7.09. The van der Waals surface area contributed by atoms with Crippen LogP contribution in [-0.4, -0.2) is 30.4 Å². The minimum Gasteiger partial charge on any atom is -0.496 e. The number of hydrogen-bond donors (Lipinski definition) is 1. The number of carbonyl (C=O) groups excluding carboxylic acids is 2. The number of nitrogens with one attached hydrogen (secondary N) is 1. The fourth-order valence-electron chi connectivity index (χ4n) is 3.79. The number of para-hydroxylation sites is 1. The van der Waals surface area contributed by atoms with Crippen LogP contribution in [0.2, 0.25) is 0 Å². The number of aryl methyl sites for hydroxylation is 1. The molecular weight excluding hydrogens is 364 g/mol. The molecule has 3 aromatic carbocycles. The van der Waals surface area contributed by atoms with Crippen LogP contribution in [-0.2, 0) is 4.79 Å². The molecule has 0 bridgehead atoms. The van der Waals surface area contributed by atoms with Crippen molar-refractivity contribution in [2.75, 3.05) is 19.0 Å². The lowest BCUT2D eigenvalue weighted by molar-refractivity contribution is -0.117. The Kier molecular flexibility index (Phi) is 5.04. The van der Waals surface area contributed by atoms with Crippen LogP contribution in [0.4, 0.5) is 5.69 Å². The summed E-state index contributed by atoms with van der Waals surface area (Å²) in [5.74, 6) is 0.0102. The summed E-state index contributed by atoms with van der Waals surface area (Å²) in [6.07, 6.45) is 0. The van der Waals surface area contributed by atoms with Gasteiger partial charge in [-0.3, -0.25) is 9.59 Å². The summed E-state index contributed by atoms with van der Waals surface area (Å²) in [5.41, 5.74) is 4.06. The van der Waals surface area contributed by atoms with Crippen molar-refractivity contribution in [1.82, 2.24) is 4.90 Å². The molecule has 0 saturated carbocycles. The highest BCUT2D eigenvalue weighted by atomic mass is 16.5. The zero-order valence-corrected chi connectivity index (χ0v) is 16.4. The summed E-state index contributed by atoms with van der Waals surface area (Å²) >= 11 is 0. The van der Waals surface area contributed by atoms with Crippen LogP contribution >= 0.6 is 0 Å². The van der Waals surface area contributed by atoms with E-state index in [-0.39, 0.29) is 18.4 Å². The SMILES string of the molecule is COc1ccccc1C(=O)N1CC(=O)Nc2ccc(C)cc2C1c1ccccc1. The fourth-order valence-corrected chi connectivity index (χ4v) is 3.79. The standard InChI is InChI=1S/C24H22N2O3/c1-16-12-13-20-19(14-16)23(17-8-4-3-5-9-17)26(15-22(27)25-20)24(28)18-10-6-7-11-21(18)29-2/h3-14,23H,15H2,1-2H3,(H,25,27). The van der Waals surface area contributed by atoms with E-state index in [4.69, 9.17) is 4.74 Å². The summed E-state index contributed by atoms with van der Waals surface area (Å²) in [6, 6.07) is 22.4. The predicted octanol–water partition coefficient (Wildman–Crippen LogP) is 4.19. The fraction of sp³-hybridized carbons (Fsp3) is 0.167. The number of fused-ring (bicyclic) bond motifs is 1. The van der Waals surface area contributed by atoms with Gasteiger partial charge in [-0.05, 0) is 30.7 Å². The molecule has 5 heteroatoms. The number of amides is 2. The first-order valence-corrected chi connectivity index (χ1v) is 9.48. The summed E-state index contributed by atoms with van der Waals surface area (Å²) in [5, 5.41) is 2.95. The van der Waals surface area contributed by atoms with E-state index in [2.05, 4.69) is 5.32 Å². The number of ether oxygens (including phenoxy) is 1. The van der Waals surface area contributed by atoms with Crippen LogP contribution in [0.25, 0.3) is 0 Å². The van der Waals surface area contributed by atoms with E-state index >= 15 is 0 Å². The second-order valence-corrected chi connectivity index (χ2v) is 7.09. The predicted molar refractivity (Wildman–Crippen MR) is 112 cm³/mol. The Bertz CT molecular complexity index is 1060. The molecule has 1 heterocycles. The molecule has 0 aromatic heterocycles. The maximum atomic E-state index is 13.6. The number of anilines is 1. The van der Waals surface area contributed by atoms with E-state index in [1.54, 1.807) is 23.1 Å². The number of benzene rings is 3. The molecule has 5 nitrogen and oxygen atoms in total. The zero-order valence-electron chi connectivity index (χ0n) is 16.4. The average Bonchev–Trinajstić information content (AvgIpc) is 2.89. The van der Waals surface area contributed by atoms with Gasteiger partial charge in [0.25, 0.3) is 5.91 Å². The van der Waals surface area contributed by atoms with Gasteiger partial charge < -0.3 is 15.0 Å². The molecular formula is C24H22N2O3. The number of rotatable bonds is 3. The van der Waals surface area contributed by atoms with Crippen LogP contribution in [0, 0.1) is 6.92 Å². The topological polar surface area (TPSA) is 58.6 Å². The molecule has 0 radical (unpaired) electrons. The van der Waals surface area contributed by atoms with Crippen LogP contribution < -0.4 is 10.1 Å². The first-order valence-electron chi connectivity index (χ1n) is 9.48. The van der Waals surface area contributed by atoms with Gasteiger partial charge in [-0.1, -0.05) is 60.2 Å². The average molecular weight is 386 g/mol. The lowest BCUT2D eigenvalue weighted by Crippen LogP contribution is -2.39. The summed E-state index contributed by atoms with van der Waals surface area (Å²) in [4.78, 5) is 27.9. The van der Waals surface area contributed by atoms with Crippen molar-refractivity contribution in [3.63, 3.8) is 0 Å². The number of methoxy groups -OCH3 is 1. The highest BCUT2D eigenvalue weighted by Gasteiger charge is 2.34. The molecule has 0 spiro atoms. The zero-order chi connectivity index (χ0) is 20.4. The smallest absolute Gasteiger partial charge is 0.258 e. The van der Waals surface area contributed by atoms with Crippen molar-refractivity contribution in [2.24, 2.45) is 0 Å². The molecule has 1 N–H and O–H groups in total. The molecule has 1 aliphatic heterocycles. The maximum Gasteiger partial charge on any atom is 0.258 e. The number of carbonyl (C=O) groups is 2. The van der Waals surface area contributed by atoms with Gasteiger partial charge in [0.2, 0.25) is 5.91 Å². The van der Waals surface area contributed by atoms with E-state index in [1.807, 2.05) is 61.5 Å². The summed E-state index contributed by atoms with van der Waals surface area (Å²) in [6.45, 7) is 1.95. The third-order valence-corrected chi connectivity index (χ3v) is 5.11. The van der Waals surface area contributed by atoms with E-state index in [0.29, 0.717) is 11.3 Å². The van der Waals surface area contributed by atoms with Crippen LogP contribution in [0.5, 0.6) is 5.75 Å². The largest absolute Gasteiger partial charge is 0.496 e. The maximum absolute atomic E-state index is 13.6. The minimum absolute atomic E-state index is 0.0514. The molecule has 3 aromatic rings. The Balaban J connectivity index is 1.90. The van der Waals surface area contributed by atoms with Crippen molar-refractivity contribution in [3.8, 4) is 5.75 Å². The third kappa shape index (κ3) is 3.59. The Morgan fingerprint density at radius 1 is 1.03 bits per heavy atom. The van der Waals surface area contributed by atoms with E-state index in [9.17, 15) is 9.59 Å². The Morgan fingerprint density at radius 2 is 1.76 bits per heavy atom. The molecule has 1 atom stereocenters.